The number of nitrogens with one attached hydrogen (secondary N) is 1. The number of ether oxygens (including phenoxy) is 1. The number of aryl methyl sites for hydroxylation is 1. The summed E-state index contributed by atoms with van der Waals surface area (Å²) in [5, 5.41) is 2.82. The second kappa shape index (κ2) is 4.56. The molecule has 0 atom stereocenters. The number of carbonyl (C=O) groups excluding carboxylic acids is 1. The number of rotatable bonds is 2. The number of aromatic nitrogens is 2. The highest BCUT2D eigenvalue weighted by molar-refractivity contribution is 5.94. The highest BCUT2D eigenvalue weighted by Gasteiger charge is 2.15. The Kier molecular flexibility index (Phi) is 2.75. The Labute approximate surface area is 109 Å². The van der Waals surface area contributed by atoms with E-state index in [1.807, 2.05) is 12.1 Å². The van der Waals surface area contributed by atoms with Crippen LogP contribution in [-0.4, -0.2) is 15.9 Å². The van der Waals surface area contributed by atoms with Crippen LogP contribution in [0.3, 0.4) is 0 Å². The molecule has 2 heterocycles. The summed E-state index contributed by atoms with van der Waals surface area (Å²) in [6.45, 7) is 0. The first-order valence-corrected chi connectivity index (χ1v) is 5.89. The second-order valence-corrected chi connectivity index (χ2v) is 4.25. The number of amides is 1. The summed E-state index contributed by atoms with van der Waals surface area (Å²) in [7, 11) is 0. The van der Waals surface area contributed by atoms with Gasteiger partial charge in [-0.25, -0.2) is 9.97 Å². The van der Waals surface area contributed by atoms with Gasteiger partial charge in [0.15, 0.2) is 0 Å². The van der Waals surface area contributed by atoms with Crippen LogP contribution in [0.1, 0.15) is 12.0 Å². The Morgan fingerprint density at radius 2 is 2.11 bits per heavy atom. The molecule has 1 amide bonds. The monoisotopic (exact) mass is 256 g/mol. The van der Waals surface area contributed by atoms with E-state index in [1.54, 1.807) is 12.1 Å². The average molecular weight is 256 g/mol. The molecule has 3 rings (SSSR count). The number of fused-ring (bicyclic) bond motifs is 1. The van der Waals surface area contributed by atoms with Gasteiger partial charge in [0.05, 0.1) is 0 Å². The van der Waals surface area contributed by atoms with Gasteiger partial charge in [-0.15, -0.1) is 0 Å². The van der Waals surface area contributed by atoms with Gasteiger partial charge in [-0.3, -0.25) is 4.79 Å². The first kappa shape index (κ1) is 11.5. The maximum absolute atomic E-state index is 11.3. The number of nitrogen functional groups attached to an aromatic ring is 1. The lowest BCUT2D eigenvalue weighted by Crippen LogP contribution is -2.18. The van der Waals surface area contributed by atoms with Crippen molar-refractivity contribution >= 4 is 17.4 Å². The Bertz CT molecular complexity index is 642. The van der Waals surface area contributed by atoms with Gasteiger partial charge in [-0.2, -0.15) is 0 Å². The minimum Gasteiger partial charge on any atom is -0.439 e. The third-order valence-electron chi connectivity index (χ3n) is 2.86. The molecule has 0 spiro atoms. The normalized spacial score (nSPS) is 13.6. The maximum Gasteiger partial charge on any atom is 0.224 e. The van der Waals surface area contributed by atoms with E-state index in [4.69, 9.17) is 10.5 Å². The number of nitrogens with two attached hydrogens (primary N) is 1. The van der Waals surface area contributed by atoms with Crippen molar-refractivity contribution in [2.24, 2.45) is 0 Å². The third-order valence-corrected chi connectivity index (χ3v) is 2.86. The van der Waals surface area contributed by atoms with Crippen molar-refractivity contribution in [3.63, 3.8) is 0 Å². The van der Waals surface area contributed by atoms with Crippen LogP contribution < -0.4 is 15.8 Å². The standard InChI is InChI=1S/C13H12N4O2/c14-11-6-13(16-7-15-11)19-9-2-3-10-8(5-9)1-4-12(18)17-10/h2-3,5-7H,1,4H2,(H,17,18)(H2,14,15,16). The summed E-state index contributed by atoms with van der Waals surface area (Å²) in [4.78, 5) is 19.0. The van der Waals surface area contributed by atoms with E-state index in [0.29, 0.717) is 30.3 Å². The molecule has 19 heavy (non-hydrogen) atoms. The van der Waals surface area contributed by atoms with Crippen molar-refractivity contribution in [1.29, 1.82) is 0 Å². The fraction of sp³-hybridized carbons (Fsp3) is 0.154. The summed E-state index contributed by atoms with van der Waals surface area (Å²) in [5.74, 6) is 1.46. The molecule has 0 unspecified atom stereocenters. The molecule has 6 heteroatoms. The third kappa shape index (κ3) is 2.47. The number of hydrogen-bond donors (Lipinski definition) is 2. The SMILES string of the molecule is Nc1cc(Oc2ccc3c(c2)CCC(=O)N3)ncn1. The molecule has 0 saturated heterocycles. The molecule has 1 aromatic heterocycles. The number of benzene rings is 1. The van der Waals surface area contributed by atoms with E-state index in [9.17, 15) is 4.79 Å². The van der Waals surface area contributed by atoms with Crippen LogP contribution in [0, 0.1) is 0 Å². The summed E-state index contributed by atoms with van der Waals surface area (Å²) in [6.07, 6.45) is 2.56. The summed E-state index contributed by atoms with van der Waals surface area (Å²) < 4.78 is 5.61. The lowest BCUT2D eigenvalue weighted by Gasteiger charge is -2.17. The van der Waals surface area contributed by atoms with E-state index in [1.165, 1.54) is 6.33 Å². The fourth-order valence-corrected chi connectivity index (χ4v) is 1.95. The maximum atomic E-state index is 11.3. The van der Waals surface area contributed by atoms with E-state index < -0.39 is 0 Å². The molecule has 96 valence electrons. The minimum atomic E-state index is 0.0461. The highest BCUT2D eigenvalue weighted by Crippen LogP contribution is 2.29. The number of anilines is 2. The molecule has 0 fully saturated rings. The van der Waals surface area contributed by atoms with Gasteiger partial charge in [0.25, 0.3) is 0 Å². The molecule has 1 aliphatic rings. The first-order valence-electron chi connectivity index (χ1n) is 5.89. The highest BCUT2D eigenvalue weighted by atomic mass is 16.5. The zero-order valence-corrected chi connectivity index (χ0v) is 10.1. The van der Waals surface area contributed by atoms with Crippen molar-refractivity contribution in [2.45, 2.75) is 12.8 Å². The average Bonchev–Trinajstić information content (AvgIpc) is 2.39. The van der Waals surface area contributed by atoms with E-state index in [0.717, 1.165) is 11.3 Å². The van der Waals surface area contributed by atoms with Crippen molar-refractivity contribution in [3.05, 3.63) is 36.2 Å². The Morgan fingerprint density at radius 1 is 1.21 bits per heavy atom. The van der Waals surface area contributed by atoms with Crippen LogP contribution in [0.15, 0.2) is 30.6 Å². The van der Waals surface area contributed by atoms with Crippen LogP contribution in [0.2, 0.25) is 0 Å². The smallest absolute Gasteiger partial charge is 0.224 e. The molecule has 0 bridgehead atoms. The Balaban J connectivity index is 1.85. The van der Waals surface area contributed by atoms with Gasteiger partial charge in [-0.05, 0) is 30.2 Å². The lowest BCUT2D eigenvalue weighted by molar-refractivity contribution is -0.116. The number of nitrogens with zero attached hydrogens (tertiary/aromatic N) is 2. The Hall–Kier alpha value is -2.63. The van der Waals surface area contributed by atoms with Gasteiger partial charge in [0.1, 0.15) is 17.9 Å². The van der Waals surface area contributed by atoms with Gasteiger partial charge >= 0.3 is 0 Å². The summed E-state index contributed by atoms with van der Waals surface area (Å²) in [5.41, 5.74) is 7.45. The predicted octanol–water partition coefficient (Wildman–Crippen LogP) is 1.74. The van der Waals surface area contributed by atoms with Crippen molar-refractivity contribution in [1.82, 2.24) is 9.97 Å². The zero-order chi connectivity index (χ0) is 13.2. The molecule has 2 aromatic rings. The second-order valence-electron chi connectivity index (χ2n) is 4.25. The molecular weight excluding hydrogens is 244 g/mol. The number of carbonyl (C=O) groups is 1. The van der Waals surface area contributed by atoms with Crippen LogP contribution >= 0.6 is 0 Å². The topological polar surface area (TPSA) is 90.1 Å². The van der Waals surface area contributed by atoms with Crippen LogP contribution in [0.5, 0.6) is 11.6 Å². The molecule has 0 aliphatic carbocycles. The molecule has 1 aromatic carbocycles. The van der Waals surface area contributed by atoms with Gasteiger partial charge in [-0.1, -0.05) is 0 Å². The van der Waals surface area contributed by atoms with Crippen LogP contribution in [-0.2, 0) is 11.2 Å². The van der Waals surface area contributed by atoms with Crippen molar-refractivity contribution in [3.8, 4) is 11.6 Å². The molecule has 0 radical (unpaired) electrons. The van der Waals surface area contributed by atoms with Crippen LogP contribution in [0.25, 0.3) is 0 Å². The van der Waals surface area contributed by atoms with E-state index >= 15 is 0 Å². The Morgan fingerprint density at radius 3 is 2.95 bits per heavy atom. The van der Waals surface area contributed by atoms with Gasteiger partial charge < -0.3 is 15.8 Å². The van der Waals surface area contributed by atoms with Crippen LogP contribution in [0.4, 0.5) is 11.5 Å². The van der Waals surface area contributed by atoms with Gasteiger partial charge in [0, 0.05) is 18.2 Å². The molecule has 6 nitrogen and oxygen atoms in total. The van der Waals surface area contributed by atoms with E-state index in [-0.39, 0.29) is 5.91 Å². The zero-order valence-electron chi connectivity index (χ0n) is 10.1. The largest absolute Gasteiger partial charge is 0.439 e. The molecule has 0 saturated carbocycles. The van der Waals surface area contributed by atoms with E-state index in [2.05, 4.69) is 15.3 Å². The quantitative estimate of drug-likeness (QED) is 0.854. The van der Waals surface area contributed by atoms with Crippen molar-refractivity contribution in [2.75, 3.05) is 11.1 Å². The summed E-state index contributed by atoms with van der Waals surface area (Å²) >= 11 is 0. The molecule has 1 aliphatic heterocycles. The predicted molar refractivity (Wildman–Crippen MR) is 69.9 cm³/mol. The van der Waals surface area contributed by atoms with Crippen molar-refractivity contribution < 1.29 is 9.53 Å². The molecule has 3 N–H and O–H groups in total. The lowest BCUT2D eigenvalue weighted by atomic mass is 10.0. The first-order chi connectivity index (χ1) is 9.20. The summed E-state index contributed by atoms with van der Waals surface area (Å²) in [6, 6.07) is 7.06. The fourth-order valence-electron chi connectivity index (χ4n) is 1.95. The minimum absolute atomic E-state index is 0.0461. The van der Waals surface area contributed by atoms with Gasteiger partial charge in [0.2, 0.25) is 11.8 Å². The molecular formula is C13H12N4O2. The number of hydrogen-bond acceptors (Lipinski definition) is 5.